The fourth-order valence-corrected chi connectivity index (χ4v) is 2.85. The van der Waals surface area contributed by atoms with Crippen molar-refractivity contribution in [2.75, 3.05) is 0 Å². The molecule has 0 spiro atoms. The van der Waals surface area contributed by atoms with Crippen molar-refractivity contribution in [2.45, 2.75) is 72.0 Å². The van der Waals surface area contributed by atoms with Gasteiger partial charge >= 0.3 is 23.1 Å². The molecule has 21 heavy (non-hydrogen) atoms. The molecular weight excluding hydrogens is 352 g/mol. The molecule has 0 bridgehead atoms. The number of halogens is 1. The first-order chi connectivity index (χ1) is 8.32. The molecule has 1 nitrogen and oxygen atoms in total. The van der Waals surface area contributed by atoms with Crippen molar-refractivity contribution in [2.24, 2.45) is 0 Å². The number of hydrogen-bond acceptors (Lipinski definition) is 1. The van der Waals surface area contributed by atoms with Crippen molar-refractivity contribution in [3.63, 3.8) is 0 Å². The van der Waals surface area contributed by atoms with Crippen LogP contribution < -0.4 is 21.4 Å². The first-order valence-corrected chi connectivity index (χ1v) is 10.5. The molecule has 0 fully saturated rings. The van der Waals surface area contributed by atoms with E-state index >= 15 is 0 Å². The summed E-state index contributed by atoms with van der Waals surface area (Å²) in [6.45, 7) is 20.1. The van der Waals surface area contributed by atoms with Gasteiger partial charge in [0, 0.05) is 0 Å². The average molecular weight is 382 g/mol. The Bertz CT molecular complexity index is 421. The summed E-state index contributed by atoms with van der Waals surface area (Å²) in [6.07, 6.45) is 0. The molecule has 0 heterocycles. The Morgan fingerprint density at radius 3 is 1.43 bits per heavy atom. The maximum Gasteiger partial charge on any atom is 2.00 e. The van der Waals surface area contributed by atoms with Gasteiger partial charge in [-0.15, -0.1) is 11.1 Å². The molecule has 0 saturated heterocycles. The third-order valence-electron chi connectivity index (χ3n) is 2.97. The minimum Gasteiger partial charge on any atom is -1.00 e. The fraction of sp³-hybridized carbons (Fsp3) is 0.647. The van der Waals surface area contributed by atoms with Gasteiger partial charge in [-0.05, 0) is 25.4 Å². The SMILES string of the molecule is CC(C)(C)c1c[c-]cc(C(C)(C)C)c1O[Si](C)(C)C.[Br-].[Mg+2]. The van der Waals surface area contributed by atoms with E-state index in [0.717, 1.165) is 5.75 Å². The van der Waals surface area contributed by atoms with Crippen molar-refractivity contribution >= 4 is 31.4 Å². The van der Waals surface area contributed by atoms with Gasteiger partial charge in [0.05, 0.1) is 0 Å². The van der Waals surface area contributed by atoms with E-state index in [1.807, 2.05) is 0 Å². The van der Waals surface area contributed by atoms with Gasteiger partial charge in [0.1, 0.15) is 0 Å². The van der Waals surface area contributed by atoms with Crippen LogP contribution in [0.4, 0.5) is 0 Å². The predicted octanol–water partition coefficient (Wildman–Crippen LogP) is 1.92. The quantitative estimate of drug-likeness (QED) is 0.562. The van der Waals surface area contributed by atoms with E-state index in [4.69, 9.17) is 4.43 Å². The van der Waals surface area contributed by atoms with E-state index in [-0.39, 0.29) is 50.9 Å². The van der Waals surface area contributed by atoms with Crippen LogP contribution in [0, 0.1) is 6.07 Å². The second-order valence-electron chi connectivity index (χ2n) is 8.33. The van der Waals surface area contributed by atoms with Gasteiger partial charge in [0.2, 0.25) is 8.32 Å². The summed E-state index contributed by atoms with van der Waals surface area (Å²) >= 11 is 0. The summed E-state index contributed by atoms with van der Waals surface area (Å²) in [5.41, 5.74) is 2.68. The molecule has 4 heteroatoms. The fourth-order valence-electron chi connectivity index (χ4n) is 2.01. The molecule has 0 aliphatic rings. The van der Waals surface area contributed by atoms with Crippen LogP contribution in [0.1, 0.15) is 52.7 Å². The summed E-state index contributed by atoms with van der Waals surface area (Å²) < 4.78 is 6.44. The van der Waals surface area contributed by atoms with Gasteiger partial charge in [-0.3, -0.25) is 0 Å². The van der Waals surface area contributed by atoms with Crippen molar-refractivity contribution in [3.05, 3.63) is 29.3 Å². The number of hydrogen-bond donors (Lipinski definition) is 0. The van der Waals surface area contributed by atoms with Crippen molar-refractivity contribution in [3.8, 4) is 5.75 Å². The molecule has 0 saturated carbocycles. The zero-order valence-electron chi connectivity index (χ0n) is 15.1. The molecule has 0 unspecified atom stereocenters. The van der Waals surface area contributed by atoms with Crippen LogP contribution in [0.3, 0.4) is 0 Å². The predicted molar refractivity (Wildman–Crippen MR) is 92.4 cm³/mol. The van der Waals surface area contributed by atoms with Gasteiger partial charge in [-0.25, -0.2) is 0 Å². The smallest absolute Gasteiger partial charge is 1.00 e. The van der Waals surface area contributed by atoms with Gasteiger partial charge in [-0.2, -0.15) is 18.2 Å². The zero-order valence-corrected chi connectivity index (χ0v) is 19.1. The van der Waals surface area contributed by atoms with Crippen LogP contribution in [0.2, 0.25) is 19.6 Å². The Labute approximate surface area is 159 Å². The molecule has 0 aliphatic carbocycles. The average Bonchev–Trinajstić information content (AvgIpc) is 2.11. The minimum absolute atomic E-state index is 0. The molecule has 0 atom stereocenters. The van der Waals surface area contributed by atoms with E-state index in [9.17, 15) is 0 Å². The maximum absolute atomic E-state index is 6.44. The minimum atomic E-state index is -1.63. The Morgan fingerprint density at radius 1 is 0.857 bits per heavy atom. The zero-order chi connectivity index (χ0) is 15.1. The normalized spacial score (nSPS) is 12.2. The molecule has 1 aromatic carbocycles. The molecule has 1 rings (SSSR count). The largest absolute Gasteiger partial charge is 2.00 e. The monoisotopic (exact) mass is 380 g/mol. The third kappa shape index (κ3) is 7.06. The van der Waals surface area contributed by atoms with Crippen LogP contribution in [-0.4, -0.2) is 31.4 Å². The topological polar surface area (TPSA) is 9.23 Å². The van der Waals surface area contributed by atoms with Gasteiger partial charge in [0.25, 0.3) is 0 Å². The van der Waals surface area contributed by atoms with Crippen LogP contribution in [0.15, 0.2) is 12.1 Å². The summed E-state index contributed by atoms with van der Waals surface area (Å²) in [7, 11) is -1.63. The number of benzene rings is 1. The van der Waals surface area contributed by atoms with E-state index in [1.165, 1.54) is 11.1 Å². The van der Waals surface area contributed by atoms with E-state index in [1.54, 1.807) is 0 Å². The third-order valence-corrected chi connectivity index (χ3v) is 3.79. The van der Waals surface area contributed by atoms with E-state index in [0.29, 0.717) is 0 Å². The van der Waals surface area contributed by atoms with Gasteiger partial charge in [0.15, 0.2) is 0 Å². The first kappa shape index (κ1) is 23.7. The molecule has 0 aliphatic heterocycles. The molecule has 0 N–H and O–H groups in total. The van der Waals surface area contributed by atoms with Crippen molar-refractivity contribution < 1.29 is 21.4 Å². The number of rotatable bonds is 2. The van der Waals surface area contributed by atoms with Crippen LogP contribution in [0.5, 0.6) is 5.75 Å². The van der Waals surface area contributed by atoms with Crippen molar-refractivity contribution in [1.29, 1.82) is 0 Å². The summed E-state index contributed by atoms with van der Waals surface area (Å²) in [6, 6.07) is 7.48. The standard InChI is InChI=1S/C17H29OSi.BrH.Mg/c1-16(2,3)13-11-10-12-14(17(4,5)6)15(13)18-19(7,8)9;;/h11-12H,1-9H3;1H;/q-1;;+2/p-1. The van der Waals surface area contributed by atoms with Crippen LogP contribution >= 0.6 is 0 Å². The molecule has 0 radical (unpaired) electrons. The summed E-state index contributed by atoms with van der Waals surface area (Å²) in [4.78, 5) is 0. The van der Waals surface area contributed by atoms with E-state index < -0.39 is 8.32 Å². The van der Waals surface area contributed by atoms with Crippen molar-refractivity contribution in [1.82, 2.24) is 0 Å². The Morgan fingerprint density at radius 2 is 1.19 bits per heavy atom. The van der Waals surface area contributed by atoms with Gasteiger partial charge < -0.3 is 21.4 Å². The molecule has 116 valence electrons. The first-order valence-electron chi connectivity index (χ1n) is 7.06. The maximum atomic E-state index is 6.44. The Hall–Kier alpha value is 0.483. The summed E-state index contributed by atoms with van der Waals surface area (Å²) in [5.74, 6) is 1.10. The Balaban J connectivity index is 0. The van der Waals surface area contributed by atoms with Gasteiger partial charge in [-0.1, -0.05) is 52.4 Å². The second-order valence-corrected chi connectivity index (χ2v) is 12.8. The molecule has 1 aromatic rings. The molecule has 0 amide bonds. The van der Waals surface area contributed by atoms with Crippen LogP contribution in [0.25, 0.3) is 0 Å². The molecule has 0 aromatic heterocycles. The molecular formula is C17H29BrMgOSi. The van der Waals surface area contributed by atoms with E-state index in [2.05, 4.69) is 79.4 Å². The Kier molecular flexibility index (Phi) is 8.87. The second kappa shape index (κ2) is 7.84. The summed E-state index contributed by atoms with van der Waals surface area (Å²) in [5, 5.41) is 0. The van der Waals surface area contributed by atoms with Crippen LogP contribution in [-0.2, 0) is 10.8 Å².